The average molecular weight is 334 g/mol. The smallest absolute Gasteiger partial charge is 0.243 e. The van der Waals surface area contributed by atoms with Crippen molar-refractivity contribution in [1.82, 2.24) is 10.2 Å². The van der Waals surface area contributed by atoms with Gasteiger partial charge in [0.05, 0.1) is 6.04 Å². The van der Waals surface area contributed by atoms with Crippen LogP contribution in [0.4, 0.5) is 0 Å². The third-order valence-corrected chi connectivity index (χ3v) is 4.86. The number of rotatable bonds is 7. The molecule has 2 atom stereocenters. The summed E-state index contributed by atoms with van der Waals surface area (Å²) in [6, 6.07) is 9.61. The fourth-order valence-corrected chi connectivity index (χ4v) is 3.71. The van der Waals surface area contributed by atoms with Crippen molar-refractivity contribution in [1.29, 1.82) is 0 Å². The molecule has 4 nitrogen and oxygen atoms in total. The van der Waals surface area contributed by atoms with Crippen molar-refractivity contribution < 1.29 is 9.59 Å². The van der Waals surface area contributed by atoms with Gasteiger partial charge in [0.15, 0.2) is 0 Å². The van der Waals surface area contributed by atoms with Crippen LogP contribution in [0.1, 0.15) is 38.3 Å². The zero-order valence-corrected chi connectivity index (χ0v) is 14.9. The summed E-state index contributed by atoms with van der Waals surface area (Å²) in [6.45, 7) is 4.69. The van der Waals surface area contributed by atoms with Gasteiger partial charge in [0, 0.05) is 18.7 Å². The summed E-state index contributed by atoms with van der Waals surface area (Å²) >= 11 is 1.70. The number of likely N-dealkylation sites (tertiary alicyclic amines) is 1. The number of amides is 2. The number of hydrogen-bond acceptors (Lipinski definition) is 3. The highest BCUT2D eigenvalue weighted by atomic mass is 32.2. The predicted octanol–water partition coefficient (Wildman–Crippen LogP) is 2.85. The predicted molar refractivity (Wildman–Crippen MR) is 95.3 cm³/mol. The Kier molecular flexibility index (Phi) is 6.51. The van der Waals surface area contributed by atoms with E-state index in [1.165, 1.54) is 0 Å². The third-order valence-electron chi connectivity index (χ3n) is 4.20. The van der Waals surface area contributed by atoms with Gasteiger partial charge in [-0.1, -0.05) is 44.2 Å². The van der Waals surface area contributed by atoms with Gasteiger partial charge in [-0.3, -0.25) is 9.59 Å². The second kappa shape index (κ2) is 8.39. The monoisotopic (exact) mass is 334 g/mol. The van der Waals surface area contributed by atoms with E-state index >= 15 is 0 Å². The minimum absolute atomic E-state index is 0.0299. The Morgan fingerprint density at radius 1 is 1.30 bits per heavy atom. The molecule has 1 aromatic carbocycles. The van der Waals surface area contributed by atoms with Crippen molar-refractivity contribution in [3.05, 3.63) is 35.9 Å². The van der Waals surface area contributed by atoms with Crippen molar-refractivity contribution >= 4 is 23.6 Å². The minimum Gasteiger partial charge on any atom is -0.347 e. The Morgan fingerprint density at radius 3 is 2.52 bits per heavy atom. The van der Waals surface area contributed by atoms with Crippen LogP contribution in [0.5, 0.6) is 0 Å². The van der Waals surface area contributed by atoms with Crippen LogP contribution in [-0.4, -0.2) is 41.3 Å². The number of benzene rings is 1. The summed E-state index contributed by atoms with van der Waals surface area (Å²) in [5.41, 5.74) is 1.10. The lowest BCUT2D eigenvalue weighted by Crippen LogP contribution is -2.51. The SMILES string of the molecule is CSC[C@@H](NC(=O)[C@@H](C(C)C)N1CCCC1=O)c1ccccc1. The molecular formula is C18H26N2O2S. The maximum atomic E-state index is 12.9. The van der Waals surface area contributed by atoms with E-state index in [4.69, 9.17) is 0 Å². The zero-order chi connectivity index (χ0) is 16.8. The first kappa shape index (κ1) is 17.9. The van der Waals surface area contributed by atoms with Gasteiger partial charge in [0.2, 0.25) is 11.8 Å². The van der Waals surface area contributed by atoms with E-state index in [9.17, 15) is 9.59 Å². The molecule has 1 aliphatic heterocycles. The van der Waals surface area contributed by atoms with E-state index in [-0.39, 0.29) is 29.8 Å². The van der Waals surface area contributed by atoms with Gasteiger partial charge < -0.3 is 10.2 Å². The van der Waals surface area contributed by atoms with Crippen molar-refractivity contribution in [3.8, 4) is 0 Å². The summed E-state index contributed by atoms with van der Waals surface area (Å²) in [4.78, 5) is 26.7. The molecule has 0 radical (unpaired) electrons. The molecule has 1 saturated heterocycles. The Morgan fingerprint density at radius 2 is 2.00 bits per heavy atom. The second-order valence-electron chi connectivity index (χ2n) is 6.31. The molecule has 126 valence electrons. The summed E-state index contributed by atoms with van der Waals surface area (Å²) in [6.07, 6.45) is 3.44. The summed E-state index contributed by atoms with van der Waals surface area (Å²) in [5.74, 6) is 0.968. The van der Waals surface area contributed by atoms with E-state index in [1.54, 1.807) is 16.7 Å². The Balaban J connectivity index is 2.13. The minimum atomic E-state index is -0.377. The van der Waals surface area contributed by atoms with Gasteiger partial charge in [-0.2, -0.15) is 11.8 Å². The number of hydrogen-bond donors (Lipinski definition) is 1. The number of nitrogens with one attached hydrogen (secondary N) is 1. The molecule has 5 heteroatoms. The lowest BCUT2D eigenvalue weighted by molar-refractivity contribution is -0.139. The fraction of sp³-hybridized carbons (Fsp3) is 0.556. The van der Waals surface area contributed by atoms with Gasteiger partial charge in [-0.25, -0.2) is 0 Å². The topological polar surface area (TPSA) is 49.4 Å². The molecule has 1 N–H and O–H groups in total. The standard InChI is InChI=1S/C18H26N2O2S/c1-13(2)17(20-11-7-10-16(20)21)18(22)19-15(12-23-3)14-8-5-4-6-9-14/h4-6,8-9,13,15,17H,7,10-12H2,1-3H3,(H,19,22)/t15-,17-/m1/s1. The highest BCUT2D eigenvalue weighted by Crippen LogP contribution is 2.22. The maximum absolute atomic E-state index is 12.9. The number of carbonyl (C=O) groups is 2. The van der Waals surface area contributed by atoms with Gasteiger partial charge in [-0.15, -0.1) is 0 Å². The van der Waals surface area contributed by atoms with Gasteiger partial charge in [0.1, 0.15) is 6.04 Å². The highest BCUT2D eigenvalue weighted by Gasteiger charge is 2.35. The molecule has 0 saturated carbocycles. The first-order valence-corrected chi connectivity index (χ1v) is 9.57. The van der Waals surface area contributed by atoms with Crippen LogP contribution in [-0.2, 0) is 9.59 Å². The summed E-state index contributed by atoms with van der Waals surface area (Å²) in [5, 5.41) is 3.16. The van der Waals surface area contributed by atoms with E-state index in [2.05, 4.69) is 5.32 Å². The molecule has 0 bridgehead atoms. The normalized spacial score (nSPS) is 17.4. The maximum Gasteiger partial charge on any atom is 0.243 e. The van der Waals surface area contributed by atoms with Crippen molar-refractivity contribution in [2.75, 3.05) is 18.6 Å². The Bertz CT molecular complexity index is 533. The third kappa shape index (κ3) is 4.50. The van der Waals surface area contributed by atoms with E-state index in [1.807, 2.05) is 50.4 Å². The van der Waals surface area contributed by atoms with E-state index < -0.39 is 0 Å². The van der Waals surface area contributed by atoms with Gasteiger partial charge >= 0.3 is 0 Å². The van der Waals surface area contributed by atoms with E-state index in [0.29, 0.717) is 13.0 Å². The van der Waals surface area contributed by atoms with Crippen LogP contribution in [0.15, 0.2) is 30.3 Å². The molecule has 0 aliphatic carbocycles. The van der Waals surface area contributed by atoms with Crippen molar-refractivity contribution in [2.24, 2.45) is 5.92 Å². The molecule has 1 fully saturated rings. The van der Waals surface area contributed by atoms with E-state index in [0.717, 1.165) is 17.7 Å². The second-order valence-corrected chi connectivity index (χ2v) is 7.22. The summed E-state index contributed by atoms with van der Waals surface area (Å²) < 4.78 is 0. The van der Waals surface area contributed by atoms with Crippen LogP contribution in [0, 0.1) is 5.92 Å². The molecule has 0 aromatic heterocycles. The molecular weight excluding hydrogens is 308 g/mol. The first-order valence-electron chi connectivity index (χ1n) is 8.18. The van der Waals surface area contributed by atoms with Crippen LogP contribution in [0.25, 0.3) is 0 Å². The number of thioether (sulfide) groups is 1. The fourth-order valence-electron chi connectivity index (χ4n) is 3.10. The molecule has 2 rings (SSSR count). The molecule has 0 spiro atoms. The van der Waals surface area contributed by atoms with Crippen LogP contribution >= 0.6 is 11.8 Å². The largest absolute Gasteiger partial charge is 0.347 e. The van der Waals surface area contributed by atoms with Crippen LogP contribution in [0.2, 0.25) is 0 Å². The number of nitrogens with zero attached hydrogens (tertiary/aromatic N) is 1. The van der Waals surface area contributed by atoms with Gasteiger partial charge in [0.25, 0.3) is 0 Å². The Labute approximate surface area is 143 Å². The molecule has 1 aliphatic rings. The first-order chi connectivity index (χ1) is 11.0. The Hall–Kier alpha value is -1.49. The lowest BCUT2D eigenvalue weighted by atomic mass is 10.0. The molecule has 2 amide bonds. The molecule has 1 heterocycles. The lowest BCUT2D eigenvalue weighted by Gasteiger charge is -2.31. The average Bonchev–Trinajstić information content (AvgIpc) is 2.93. The number of carbonyl (C=O) groups excluding carboxylic acids is 2. The van der Waals surface area contributed by atoms with Gasteiger partial charge in [-0.05, 0) is 24.2 Å². The van der Waals surface area contributed by atoms with Crippen LogP contribution in [0.3, 0.4) is 0 Å². The zero-order valence-electron chi connectivity index (χ0n) is 14.1. The molecule has 0 unspecified atom stereocenters. The van der Waals surface area contributed by atoms with Crippen molar-refractivity contribution in [3.63, 3.8) is 0 Å². The van der Waals surface area contributed by atoms with Crippen molar-refractivity contribution in [2.45, 2.75) is 38.8 Å². The quantitative estimate of drug-likeness (QED) is 0.834. The summed E-state index contributed by atoms with van der Waals surface area (Å²) in [7, 11) is 0. The molecule has 23 heavy (non-hydrogen) atoms. The molecule has 1 aromatic rings. The highest BCUT2D eigenvalue weighted by molar-refractivity contribution is 7.98. The van der Waals surface area contributed by atoms with Crippen LogP contribution < -0.4 is 5.32 Å².